The topological polar surface area (TPSA) is 40.1 Å². The molecule has 2 nitrogen and oxygen atoms in total. The van der Waals surface area contributed by atoms with Gasteiger partial charge in [0.15, 0.2) is 0 Å². The summed E-state index contributed by atoms with van der Waals surface area (Å²) in [5, 5.41) is 9.64. The first-order valence-electron chi connectivity index (χ1n) is 2.27. The number of aliphatic carboxylic acids is 1. The molecule has 0 saturated carbocycles. The molecule has 0 bridgehead atoms. The maximum absolute atomic E-state index is 9.64. The van der Waals surface area contributed by atoms with Crippen molar-refractivity contribution in [3.05, 3.63) is 24.3 Å². The van der Waals surface area contributed by atoms with Crippen molar-refractivity contribution in [2.45, 2.75) is 6.92 Å². The predicted molar refractivity (Wildman–Crippen MR) is 29.0 cm³/mol. The van der Waals surface area contributed by atoms with E-state index in [0.717, 1.165) is 6.08 Å². The minimum Gasteiger partial charge on any atom is -0.545 e. The smallest absolute Gasteiger partial charge is 0.0642 e. The van der Waals surface area contributed by atoms with E-state index in [0.29, 0.717) is 0 Å². The van der Waals surface area contributed by atoms with Gasteiger partial charge in [-0.25, -0.2) is 0 Å². The molecule has 0 radical (unpaired) electrons. The molecule has 0 aromatic carbocycles. The van der Waals surface area contributed by atoms with Crippen LogP contribution in [0.1, 0.15) is 6.92 Å². The molecule has 0 aromatic rings. The summed E-state index contributed by atoms with van der Waals surface area (Å²) in [6.07, 6.45) is 5.74. The fraction of sp³-hybridized carbons (Fsp3) is 0.167. The second-order valence-corrected chi connectivity index (χ2v) is 1.20. The maximum Gasteiger partial charge on any atom is 0.0642 e. The van der Waals surface area contributed by atoms with Crippen LogP contribution in [-0.2, 0) is 24.3 Å². The van der Waals surface area contributed by atoms with Crippen LogP contribution in [-0.4, -0.2) is 5.97 Å². The first kappa shape index (κ1) is 11.4. The molecular formula is C6H7O2Zn-. The summed E-state index contributed by atoms with van der Waals surface area (Å²) in [7, 11) is 0. The van der Waals surface area contributed by atoms with Crippen LogP contribution in [0.25, 0.3) is 0 Å². The number of carboxylic acid groups (broad SMARTS) is 1. The number of hydrogen-bond donors (Lipinski definition) is 0. The third kappa shape index (κ3) is 11.2. The summed E-state index contributed by atoms with van der Waals surface area (Å²) < 4.78 is 0. The molecule has 0 spiro atoms. The molecule has 0 N–H and O–H groups in total. The standard InChI is InChI=1S/C6H8O2.Zn/c1-2-3-4-5-6(7)8;/h2-5H,1H3,(H,7,8);/p-1/b3-2+,5-4+;. The number of carbonyl (C=O) groups is 1. The van der Waals surface area contributed by atoms with Crippen molar-refractivity contribution in [2.24, 2.45) is 0 Å². The molecular weight excluding hydrogens is 169 g/mol. The van der Waals surface area contributed by atoms with Gasteiger partial charge in [-0.1, -0.05) is 18.2 Å². The zero-order valence-electron chi connectivity index (χ0n) is 5.33. The molecule has 0 amide bonds. The van der Waals surface area contributed by atoms with Gasteiger partial charge in [-0.3, -0.25) is 0 Å². The summed E-state index contributed by atoms with van der Waals surface area (Å²) in [6, 6.07) is 0. The zero-order valence-corrected chi connectivity index (χ0v) is 8.30. The minimum absolute atomic E-state index is 0. The van der Waals surface area contributed by atoms with Gasteiger partial charge in [0, 0.05) is 19.5 Å². The zero-order chi connectivity index (χ0) is 6.41. The van der Waals surface area contributed by atoms with Gasteiger partial charge in [0.05, 0.1) is 5.97 Å². The minimum atomic E-state index is -1.16. The molecule has 0 fully saturated rings. The van der Waals surface area contributed by atoms with E-state index in [2.05, 4.69) is 0 Å². The van der Waals surface area contributed by atoms with E-state index in [1.807, 2.05) is 0 Å². The number of hydrogen-bond acceptors (Lipinski definition) is 2. The van der Waals surface area contributed by atoms with Crippen molar-refractivity contribution < 1.29 is 29.4 Å². The van der Waals surface area contributed by atoms with Crippen LogP contribution in [0.2, 0.25) is 0 Å². The van der Waals surface area contributed by atoms with E-state index in [9.17, 15) is 9.90 Å². The average Bonchev–Trinajstić information content (AvgIpc) is 1.66. The molecule has 0 unspecified atom stereocenters. The molecule has 0 aliphatic heterocycles. The van der Waals surface area contributed by atoms with E-state index < -0.39 is 5.97 Å². The number of rotatable bonds is 2. The molecule has 0 heterocycles. The largest absolute Gasteiger partial charge is 0.545 e. The Labute approximate surface area is 67.0 Å². The fourth-order valence-corrected chi connectivity index (χ4v) is 0.245. The van der Waals surface area contributed by atoms with E-state index in [4.69, 9.17) is 0 Å². The average molecular weight is 177 g/mol. The normalized spacial score (nSPS) is 9.89. The Kier molecular flexibility index (Phi) is 9.58. The van der Waals surface area contributed by atoms with Crippen LogP contribution in [0.15, 0.2) is 24.3 Å². The van der Waals surface area contributed by atoms with E-state index in [1.165, 1.54) is 6.08 Å². The predicted octanol–water partition coefficient (Wildman–Crippen LogP) is -0.134. The van der Waals surface area contributed by atoms with Crippen LogP contribution in [0.3, 0.4) is 0 Å². The summed E-state index contributed by atoms with van der Waals surface area (Å²) >= 11 is 0. The Morgan fingerprint density at radius 2 is 2.00 bits per heavy atom. The first-order chi connectivity index (χ1) is 3.77. The Bertz CT molecular complexity index is 127. The Morgan fingerprint density at radius 3 is 2.33 bits per heavy atom. The van der Waals surface area contributed by atoms with Crippen LogP contribution in [0.5, 0.6) is 0 Å². The van der Waals surface area contributed by atoms with Crippen molar-refractivity contribution in [1.82, 2.24) is 0 Å². The monoisotopic (exact) mass is 175 g/mol. The molecule has 0 saturated heterocycles. The summed E-state index contributed by atoms with van der Waals surface area (Å²) in [6.45, 7) is 1.81. The van der Waals surface area contributed by atoms with Crippen LogP contribution in [0, 0.1) is 0 Å². The summed E-state index contributed by atoms with van der Waals surface area (Å²) in [5.74, 6) is -1.16. The van der Waals surface area contributed by atoms with Crippen molar-refractivity contribution in [3.8, 4) is 0 Å². The fourth-order valence-electron chi connectivity index (χ4n) is 0.245. The molecule has 0 aliphatic rings. The molecule has 0 aromatic heterocycles. The molecule has 0 rings (SSSR count). The molecule has 9 heavy (non-hydrogen) atoms. The van der Waals surface area contributed by atoms with Gasteiger partial charge in [0.1, 0.15) is 0 Å². The van der Waals surface area contributed by atoms with Crippen molar-refractivity contribution in [1.29, 1.82) is 0 Å². The van der Waals surface area contributed by atoms with Crippen molar-refractivity contribution in [2.75, 3.05) is 0 Å². The van der Waals surface area contributed by atoms with E-state index in [-0.39, 0.29) is 19.5 Å². The van der Waals surface area contributed by atoms with Crippen LogP contribution >= 0.6 is 0 Å². The molecule has 46 valence electrons. The Morgan fingerprint density at radius 1 is 1.44 bits per heavy atom. The van der Waals surface area contributed by atoms with E-state index in [1.54, 1.807) is 19.1 Å². The second-order valence-electron chi connectivity index (χ2n) is 1.20. The van der Waals surface area contributed by atoms with Crippen LogP contribution < -0.4 is 5.11 Å². The maximum atomic E-state index is 9.64. The molecule has 3 heteroatoms. The van der Waals surface area contributed by atoms with Gasteiger partial charge in [0.2, 0.25) is 0 Å². The van der Waals surface area contributed by atoms with Gasteiger partial charge in [-0.2, -0.15) is 0 Å². The number of carboxylic acids is 1. The number of allylic oxidation sites excluding steroid dienone is 3. The van der Waals surface area contributed by atoms with Gasteiger partial charge < -0.3 is 9.90 Å². The van der Waals surface area contributed by atoms with Gasteiger partial charge in [-0.15, -0.1) is 0 Å². The van der Waals surface area contributed by atoms with E-state index >= 15 is 0 Å². The second kappa shape index (κ2) is 7.57. The summed E-state index contributed by atoms with van der Waals surface area (Å²) in [5.41, 5.74) is 0. The first-order valence-corrected chi connectivity index (χ1v) is 2.27. The Hall–Kier alpha value is -0.427. The third-order valence-electron chi connectivity index (χ3n) is 0.536. The van der Waals surface area contributed by atoms with Gasteiger partial charge >= 0.3 is 0 Å². The summed E-state index contributed by atoms with van der Waals surface area (Å²) in [4.78, 5) is 9.64. The van der Waals surface area contributed by atoms with Gasteiger partial charge in [0.25, 0.3) is 0 Å². The third-order valence-corrected chi connectivity index (χ3v) is 0.536. The molecule has 0 atom stereocenters. The quantitative estimate of drug-likeness (QED) is 0.334. The SMILES string of the molecule is C/C=C/C=C/C(=O)[O-].[Zn]. The number of carbonyl (C=O) groups excluding carboxylic acids is 1. The Balaban J connectivity index is 0. The molecule has 0 aliphatic carbocycles. The van der Waals surface area contributed by atoms with Gasteiger partial charge in [-0.05, 0) is 13.0 Å². The van der Waals surface area contributed by atoms with Crippen LogP contribution in [0.4, 0.5) is 0 Å². The van der Waals surface area contributed by atoms with Crippen molar-refractivity contribution >= 4 is 5.97 Å². The van der Waals surface area contributed by atoms with Crippen molar-refractivity contribution in [3.63, 3.8) is 0 Å².